The molecule has 0 bridgehead atoms. The minimum Gasteiger partial charge on any atom is -0.495 e. The molecular weight excluding hydrogens is 280 g/mol. The van der Waals surface area contributed by atoms with Crippen LogP contribution in [0.3, 0.4) is 0 Å². The first-order valence-corrected chi connectivity index (χ1v) is 7.89. The summed E-state index contributed by atoms with van der Waals surface area (Å²) in [7, 11) is -1.99. The van der Waals surface area contributed by atoms with Gasteiger partial charge >= 0.3 is 0 Å². The summed E-state index contributed by atoms with van der Waals surface area (Å²) in [4.78, 5) is 11.9. The third-order valence-electron chi connectivity index (χ3n) is 2.43. The van der Waals surface area contributed by atoms with Gasteiger partial charge in [-0.25, -0.2) is 8.42 Å². The van der Waals surface area contributed by atoms with Crippen molar-refractivity contribution in [3.63, 3.8) is 0 Å². The van der Waals surface area contributed by atoms with E-state index in [2.05, 4.69) is 10.0 Å². The van der Waals surface area contributed by atoms with Crippen molar-refractivity contribution < 1.29 is 17.9 Å². The fourth-order valence-corrected chi connectivity index (χ4v) is 1.94. The van der Waals surface area contributed by atoms with Crippen molar-refractivity contribution in [1.29, 1.82) is 0 Å². The van der Waals surface area contributed by atoms with Gasteiger partial charge in [0, 0.05) is 11.1 Å². The normalized spacial score (nSPS) is 11.8. The van der Waals surface area contributed by atoms with Crippen LogP contribution in [0, 0.1) is 5.41 Å². The van der Waals surface area contributed by atoms with Crippen LogP contribution in [0.5, 0.6) is 5.75 Å². The van der Waals surface area contributed by atoms with E-state index in [0.29, 0.717) is 11.4 Å². The van der Waals surface area contributed by atoms with Crippen LogP contribution < -0.4 is 14.8 Å². The molecule has 0 aliphatic heterocycles. The average Bonchev–Trinajstić information content (AvgIpc) is 2.25. The molecule has 0 atom stereocenters. The maximum Gasteiger partial charge on any atom is 0.229 e. The minimum atomic E-state index is -3.43. The van der Waals surface area contributed by atoms with Gasteiger partial charge in [-0.15, -0.1) is 0 Å². The molecule has 1 aromatic rings. The minimum absolute atomic E-state index is 0.159. The predicted octanol–water partition coefficient (Wildman–Crippen LogP) is 2.05. The van der Waals surface area contributed by atoms with Crippen LogP contribution >= 0.6 is 0 Å². The van der Waals surface area contributed by atoms with E-state index in [4.69, 9.17) is 4.74 Å². The fourth-order valence-electron chi connectivity index (χ4n) is 1.38. The van der Waals surface area contributed by atoms with E-state index in [1.807, 2.05) is 0 Å². The molecule has 0 spiro atoms. The Labute approximate surface area is 119 Å². The van der Waals surface area contributed by atoms with E-state index in [-0.39, 0.29) is 11.6 Å². The summed E-state index contributed by atoms with van der Waals surface area (Å²) in [6.07, 6.45) is 1.05. The third-order valence-corrected chi connectivity index (χ3v) is 3.02. The zero-order valence-electron chi connectivity index (χ0n) is 12.3. The number of benzene rings is 1. The van der Waals surface area contributed by atoms with E-state index in [9.17, 15) is 13.2 Å². The lowest BCUT2D eigenvalue weighted by Gasteiger charge is -2.18. The number of rotatable bonds is 4. The molecule has 1 aromatic carbocycles. The Morgan fingerprint density at radius 3 is 2.30 bits per heavy atom. The highest BCUT2D eigenvalue weighted by Gasteiger charge is 2.21. The summed E-state index contributed by atoms with van der Waals surface area (Å²) >= 11 is 0. The summed E-state index contributed by atoms with van der Waals surface area (Å²) in [6, 6.07) is 4.76. The van der Waals surface area contributed by atoms with Gasteiger partial charge in [-0.05, 0) is 18.2 Å². The van der Waals surface area contributed by atoms with E-state index in [0.717, 1.165) is 6.26 Å². The van der Waals surface area contributed by atoms with Crippen molar-refractivity contribution in [1.82, 2.24) is 0 Å². The number of amides is 1. The summed E-state index contributed by atoms with van der Waals surface area (Å²) in [6.45, 7) is 5.38. The van der Waals surface area contributed by atoms with Gasteiger partial charge in [0.1, 0.15) is 5.75 Å². The van der Waals surface area contributed by atoms with Crippen LogP contribution in [0.25, 0.3) is 0 Å². The third kappa shape index (κ3) is 4.73. The molecule has 0 heterocycles. The number of methoxy groups -OCH3 is 1. The van der Waals surface area contributed by atoms with Gasteiger partial charge in [0.15, 0.2) is 0 Å². The number of carbonyl (C=O) groups is 1. The van der Waals surface area contributed by atoms with Crippen molar-refractivity contribution in [3.05, 3.63) is 18.2 Å². The van der Waals surface area contributed by atoms with E-state index in [1.54, 1.807) is 32.9 Å². The van der Waals surface area contributed by atoms with Crippen LogP contribution in [0.4, 0.5) is 11.4 Å². The van der Waals surface area contributed by atoms with Gasteiger partial charge in [0.05, 0.1) is 19.1 Å². The second-order valence-corrected chi connectivity index (χ2v) is 7.24. The van der Waals surface area contributed by atoms with Gasteiger partial charge in [-0.3, -0.25) is 9.52 Å². The molecule has 0 fully saturated rings. The molecule has 0 aromatic heterocycles. The number of sulfonamides is 1. The molecule has 7 heteroatoms. The van der Waals surface area contributed by atoms with Crippen LogP contribution in [-0.4, -0.2) is 27.7 Å². The smallest absolute Gasteiger partial charge is 0.229 e. The Morgan fingerprint density at radius 1 is 1.25 bits per heavy atom. The van der Waals surface area contributed by atoms with Crippen molar-refractivity contribution in [2.24, 2.45) is 5.41 Å². The maximum absolute atomic E-state index is 11.9. The molecular formula is C13H20N2O4S. The molecule has 112 valence electrons. The second kappa shape index (κ2) is 5.70. The van der Waals surface area contributed by atoms with Gasteiger partial charge < -0.3 is 10.1 Å². The Balaban J connectivity index is 3.07. The Hall–Kier alpha value is -1.76. The quantitative estimate of drug-likeness (QED) is 0.891. The zero-order valence-corrected chi connectivity index (χ0v) is 13.1. The molecule has 2 N–H and O–H groups in total. The van der Waals surface area contributed by atoms with Gasteiger partial charge in [0.25, 0.3) is 0 Å². The standard InChI is InChI=1S/C13H20N2O4S/c1-13(2,3)12(16)14-9-6-7-11(19-4)10(8-9)15-20(5,17)18/h6-8,15H,1-5H3,(H,14,16). The number of ether oxygens (including phenoxy) is 1. The first-order chi connectivity index (χ1) is 9.03. The van der Waals surface area contributed by atoms with Crippen LogP contribution in [-0.2, 0) is 14.8 Å². The molecule has 0 saturated heterocycles. The first kappa shape index (κ1) is 16.3. The molecule has 0 unspecified atom stereocenters. The number of carbonyl (C=O) groups excluding carboxylic acids is 1. The number of anilines is 2. The van der Waals surface area contributed by atoms with Gasteiger partial charge in [-0.1, -0.05) is 20.8 Å². The average molecular weight is 300 g/mol. The Kier molecular flexibility index (Phi) is 4.65. The summed E-state index contributed by atoms with van der Waals surface area (Å²) in [5, 5.41) is 2.73. The fraction of sp³-hybridized carbons (Fsp3) is 0.462. The molecule has 0 saturated carbocycles. The predicted molar refractivity (Wildman–Crippen MR) is 79.5 cm³/mol. The van der Waals surface area contributed by atoms with Crippen molar-refractivity contribution in [3.8, 4) is 5.75 Å². The van der Waals surface area contributed by atoms with Crippen LogP contribution in [0.1, 0.15) is 20.8 Å². The van der Waals surface area contributed by atoms with Gasteiger partial charge in [0.2, 0.25) is 15.9 Å². The summed E-state index contributed by atoms with van der Waals surface area (Å²) in [5.41, 5.74) is 0.239. The second-order valence-electron chi connectivity index (χ2n) is 5.49. The molecule has 1 rings (SSSR count). The highest BCUT2D eigenvalue weighted by Crippen LogP contribution is 2.29. The SMILES string of the molecule is COc1ccc(NC(=O)C(C)(C)C)cc1NS(C)(=O)=O. The molecule has 20 heavy (non-hydrogen) atoms. The molecule has 0 aliphatic rings. The molecule has 0 radical (unpaired) electrons. The molecule has 1 amide bonds. The summed E-state index contributed by atoms with van der Waals surface area (Å²) in [5.74, 6) is 0.220. The Morgan fingerprint density at radius 2 is 1.85 bits per heavy atom. The van der Waals surface area contributed by atoms with Crippen LogP contribution in [0.2, 0.25) is 0 Å². The monoisotopic (exact) mass is 300 g/mol. The number of hydrogen-bond acceptors (Lipinski definition) is 4. The maximum atomic E-state index is 11.9. The van der Waals surface area contributed by atoms with Crippen molar-refractivity contribution >= 4 is 27.3 Å². The van der Waals surface area contributed by atoms with E-state index < -0.39 is 15.4 Å². The zero-order chi connectivity index (χ0) is 15.6. The molecule has 6 nitrogen and oxygen atoms in total. The topological polar surface area (TPSA) is 84.5 Å². The lowest BCUT2D eigenvalue weighted by Crippen LogP contribution is -2.27. The van der Waals surface area contributed by atoms with E-state index >= 15 is 0 Å². The Bertz CT molecular complexity index is 603. The van der Waals surface area contributed by atoms with Crippen molar-refractivity contribution in [2.75, 3.05) is 23.4 Å². The van der Waals surface area contributed by atoms with E-state index in [1.165, 1.54) is 13.2 Å². The largest absolute Gasteiger partial charge is 0.495 e. The lowest BCUT2D eigenvalue weighted by molar-refractivity contribution is -0.123. The highest BCUT2D eigenvalue weighted by molar-refractivity contribution is 7.92. The van der Waals surface area contributed by atoms with Crippen molar-refractivity contribution in [2.45, 2.75) is 20.8 Å². The molecule has 0 aliphatic carbocycles. The first-order valence-electron chi connectivity index (χ1n) is 6.00. The van der Waals surface area contributed by atoms with Gasteiger partial charge in [-0.2, -0.15) is 0 Å². The summed E-state index contributed by atoms with van der Waals surface area (Å²) < 4.78 is 30.0. The number of hydrogen-bond donors (Lipinski definition) is 2. The lowest BCUT2D eigenvalue weighted by atomic mass is 9.95. The highest BCUT2D eigenvalue weighted by atomic mass is 32.2. The number of nitrogens with one attached hydrogen (secondary N) is 2. The van der Waals surface area contributed by atoms with Crippen LogP contribution in [0.15, 0.2) is 18.2 Å².